The third-order valence-electron chi connectivity index (χ3n) is 6.46. The van der Waals surface area contributed by atoms with Crippen molar-refractivity contribution in [3.05, 3.63) is 65.0 Å². The molecule has 0 amide bonds. The number of fused-ring (bicyclic) bond motifs is 2. The van der Waals surface area contributed by atoms with Crippen molar-refractivity contribution in [2.45, 2.75) is 62.7 Å². The van der Waals surface area contributed by atoms with Gasteiger partial charge in [0.05, 0.1) is 11.1 Å². The topological polar surface area (TPSA) is 102 Å². The van der Waals surface area contributed by atoms with Crippen LogP contribution in [0.5, 0.6) is 0 Å². The summed E-state index contributed by atoms with van der Waals surface area (Å²) in [5.41, 5.74) is 0.168. The summed E-state index contributed by atoms with van der Waals surface area (Å²) in [4.78, 5) is 14.4. The molecule has 0 unspecified atom stereocenters. The number of ketones is 1. The van der Waals surface area contributed by atoms with Crippen molar-refractivity contribution in [2.24, 2.45) is 4.40 Å². The van der Waals surface area contributed by atoms with E-state index in [0.29, 0.717) is 24.1 Å². The molecule has 178 valence electrons. The number of aliphatic hydroxyl groups excluding tert-OH is 1. The summed E-state index contributed by atoms with van der Waals surface area (Å²) in [6.07, 6.45) is 4.37. The van der Waals surface area contributed by atoms with Gasteiger partial charge < -0.3 is 10.4 Å². The summed E-state index contributed by atoms with van der Waals surface area (Å²) in [6.45, 7) is 4.08. The van der Waals surface area contributed by atoms with E-state index in [0.717, 1.165) is 25.7 Å². The van der Waals surface area contributed by atoms with Gasteiger partial charge in [-0.25, -0.2) is 4.39 Å². The van der Waals surface area contributed by atoms with Crippen molar-refractivity contribution in [1.29, 1.82) is 0 Å². The van der Waals surface area contributed by atoms with Gasteiger partial charge in [0, 0.05) is 5.56 Å². The Morgan fingerprint density at radius 3 is 2.35 bits per heavy atom. The van der Waals surface area contributed by atoms with Crippen LogP contribution in [0.25, 0.3) is 5.76 Å². The van der Waals surface area contributed by atoms with Crippen molar-refractivity contribution in [3.63, 3.8) is 0 Å². The van der Waals surface area contributed by atoms with Gasteiger partial charge in [0.1, 0.15) is 22.0 Å². The summed E-state index contributed by atoms with van der Waals surface area (Å²) in [7, 11) is -3.59. The van der Waals surface area contributed by atoms with Gasteiger partial charge in [-0.3, -0.25) is 13.9 Å². The molecule has 1 heterocycles. The van der Waals surface area contributed by atoms with Gasteiger partial charge in [-0.05, 0) is 42.7 Å². The number of hydrogen-bond acceptors (Lipinski definition) is 6. The van der Waals surface area contributed by atoms with Crippen LogP contribution < -0.4 is 5.32 Å². The second-order valence-electron chi connectivity index (χ2n) is 8.61. The normalized spacial score (nSPS) is 18.7. The average molecular weight is 497 g/mol. The Bertz CT molecular complexity index is 1160. The number of nitrogens with one attached hydrogen (secondary N) is 1. The molecular weight excluding hydrogens is 466 g/mol. The van der Waals surface area contributed by atoms with Gasteiger partial charge in [0.25, 0.3) is 0 Å². The number of para-hydroxylation sites is 1. The van der Waals surface area contributed by atoms with Crippen LogP contribution in [0.2, 0.25) is 0 Å². The first kappa shape index (κ1) is 26.9. The van der Waals surface area contributed by atoms with Crippen LogP contribution >= 0.6 is 10.8 Å². The van der Waals surface area contributed by atoms with E-state index in [1.54, 1.807) is 30.3 Å². The molecule has 4 rings (SSSR count). The molecular formula is C25H30FN2NaO4S. The summed E-state index contributed by atoms with van der Waals surface area (Å²) in [6, 6.07) is 10.7. The molecule has 0 saturated heterocycles. The van der Waals surface area contributed by atoms with Crippen LogP contribution in [-0.4, -0.2) is 55.4 Å². The zero-order valence-corrected chi connectivity index (χ0v) is 19.6. The van der Waals surface area contributed by atoms with Gasteiger partial charge in [-0.15, -0.1) is 4.40 Å². The fourth-order valence-electron chi connectivity index (χ4n) is 4.78. The number of halogens is 1. The predicted molar refractivity (Wildman–Crippen MR) is 137 cm³/mol. The quantitative estimate of drug-likeness (QED) is 0.342. The van der Waals surface area contributed by atoms with Crippen molar-refractivity contribution in [2.75, 3.05) is 5.32 Å². The molecule has 0 saturated carbocycles. The van der Waals surface area contributed by atoms with Crippen LogP contribution in [0, 0.1) is 5.82 Å². The zero-order valence-electron chi connectivity index (χ0n) is 18.8. The number of rotatable bonds is 7. The molecule has 0 bridgehead atoms. The predicted octanol–water partition coefficient (Wildman–Crippen LogP) is 6.20. The van der Waals surface area contributed by atoms with Crippen LogP contribution in [0.4, 0.5) is 10.1 Å². The van der Waals surface area contributed by atoms with E-state index in [1.807, 2.05) is 13.8 Å². The van der Waals surface area contributed by atoms with E-state index < -0.39 is 27.8 Å². The van der Waals surface area contributed by atoms with Crippen LogP contribution in [0.3, 0.4) is 0 Å². The number of benzene rings is 2. The van der Waals surface area contributed by atoms with Crippen molar-refractivity contribution >= 4 is 63.4 Å². The Labute approximate surface area is 223 Å². The molecule has 2 aliphatic rings. The summed E-state index contributed by atoms with van der Waals surface area (Å²) in [5.74, 6) is -1.37. The van der Waals surface area contributed by atoms with Gasteiger partial charge >= 0.3 is 29.6 Å². The Morgan fingerprint density at radius 1 is 1.06 bits per heavy atom. The Balaban J connectivity index is 0.00000324. The van der Waals surface area contributed by atoms with Crippen LogP contribution in [-0.2, 0) is 10.2 Å². The Hall–Kier alpha value is -1.68. The molecule has 0 fully saturated rings. The number of Topliss-reactive ketones (excluding diaryl/α,β-unsaturated/α-hetero) is 1. The Morgan fingerprint density at radius 2 is 1.71 bits per heavy atom. The molecule has 0 radical (unpaired) electrons. The monoisotopic (exact) mass is 496 g/mol. The minimum atomic E-state index is -3.59. The second-order valence-corrected chi connectivity index (χ2v) is 10.3. The molecule has 2 aromatic carbocycles. The number of hydrogen-bond donors (Lipinski definition) is 4. The Kier molecular flexibility index (Phi) is 8.33. The number of nitrogens with zero attached hydrogens (tertiary/aromatic N) is 1. The molecule has 0 spiro atoms. The number of carbonyl (C=O) groups excluding carboxylic acids is 1. The van der Waals surface area contributed by atoms with E-state index in [2.05, 4.69) is 9.71 Å². The van der Waals surface area contributed by atoms with E-state index in [9.17, 15) is 23.4 Å². The summed E-state index contributed by atoms with van der Waals surface area (Å²) < 4.78 is 39.7. The first-order chi connectivity index (χ1) is 15.7. The van der Waals surface area contributed by atoms with E-state index in [-0.39, 0.29) is 57.2 Å². The first-order valence-corrected chi connectivity index (χ1v) is 12.8. The fourth-order valence-corrected chi connectivity index (χ4v) is 5.94. The van der Waals surface area contributed by atoms with Gasteiger partial charge in [0.15, 0.2) is 11.6 Å². The van der Waals surface area contributed by atoms with E-state index in [4.69, 9.17) is 0 Å². The van der Waals surface area contributed by atoms with Gasteiger partial charge in [-0.2, -0.15) is 0 Å². The summed E-state index contributed by atoms with van der Waals surface area (Å²) >= 11 is 0. The number of aliphatic hydroxyl groups is 1. The average Bonchev–Trinajstić information content (AvgIpc) is 2.79. The summed E-state index contributed by atoms with van der Waals surface area (Å²) in [5, 5.41) is 14.2. The maximum absolute atomic E-state index is 14.3. The van der Waals surface area contributed by atoms with Gasteiger partial charge in [0.2, 0.25) is 0 Å². The zero-order chi connectivity index (χ0) is 23.8. The molecule has 0 atom stereocenters. The molecule has 6 nitrogen and oxygen atoms in total. The van der Waals surface area contributed by atoms with Crippen molar-refractivity contribution in [1.82, 2.24) is 0 Å². The third kappa shape index (κ3) is 4.59. The van der Waals surface area contributed by atoms with Crippen molar-refractivity contribution < 1.29 is 23.4 Å². The fraction of sp³-hybridized carbons (Fsp3) is 0.360. The van der Waals surface area contributed by atoms with Crippen molar-refractivity contribution in [3.8, 4) is 0 Å². The number of amidine groups is 1. The molecule has 1 aliphatic heterocycles. The number of anilines is 1. The minimum absolute atomic E-state index is 0. The SMILES string of the molecule is CCCCC1(CCCC)C(=O)C(C2=NS(O)(O)c3ccccc3N2)=C(O)c2cc(F)ccc21.[NaH]. The second kappa shape index (κ2) is 10.5. The molecule has 9 heteroatoms. The van der Waals surface area contributed by atoms with Crippen LogP contribution in [0.1, 0.15) is 63.5 Å². The molecule has 0 aromatic heterocycles. The maximum atomic E-state index is 14.3. The first-order valence-electron chi connectivity index (χ1n) is 11.3. The molecule has 34 heavy (non-hydrogen) atoms. The van der Waals surface area contributed by atoms with E-state index in [1.165, 1.54) is 12.1 Å². The molecule has 4 N–H and O–H groups in total. The number of unbranched alkanes of at least 4 members (excludes halogenated alkanes) is 2. The molecule has 2 aromatic rings. The third-order valence-corrected chi connectivity index (χ3v) is 7.84. The number of carbonyl (C=O) groups is 1. The molecule has 1 aliphatic carbocycles. The van der Waals surface area contributed by atoms with Gasteiger partial charge in [-0.1, -0.05) is 68.5 Å². The standard InChI is InChI=1S/C25H29FN2O4S.Na.H/c1-3-5-13-25(14-6-4-2)18-12-11-16(26)15-17(18)22(29)21(23(25)30)24-27-19-9-7-8-10-20(19)33(31,32)28-24;;/h7-12,15,29,31-32H,3-6,13-14H2,1-2H3,(H,27,28);;. The van der Waals surface area contributed by atoms with Crippen LogP contribution in [0.15, 0.2) is 57.3 Å². The van der Waals surface area contributed by atoms with E-state index >= 15 is 0 Å².